The molecule has 2 amide bonds. The van der Waals surface area contributed by atoms with E-state index < -0.39 is 29.7 Å². The zero-order valence-electron chi connectivity index (χ0n) is 17.7. The minimum absolute atomic E-state index is 0.420. The number of carbonyl (C=O) groups is 2. The number of unbranched alkanes of at least 4 members (excludes halogenated alkanes) is 9. The van der Waals surface area contributed by atoms with Crippen LogP contribution in [0.15, 0.2) is 12.2 Å². The van der Waals surface area contributed by atoms with Gasteiger partial charge in [0, 0.05) is 6.08 Å². The van der Waals surface area contributed by atoms with Crippen molar-refractivity contribution in [1.29, 1.82) is 0 Å². The van der Waals surface area contributed by atoms with Crippen molar-refractivity contribution in [2.75, 3.05) is 0 Å². The fourth-order valence-electron chi connectivity index (χ4n) is 3.33. The van der Waals surface area contributed by atoms with E-state index in [9.17, 15) is 14.7 Å². The maximum atomic E-state index is 12.3. The lowest BCUT2D eigenvalue weighted by Gasteiger charge is -2.29. The number of aliphatic hydroxyl groups excluding tert-OH is 1. The highest BCUT2D eigenvalue weighted by Gasteiger charge is 2.38. The second-order valence-electron chi connectivity index (χ2n) is 8.58. The van der Waals surface area contributed by atoms with Crippen LogP contribution in [-0.4, -0.2) is 39.8 Å². The molecule has 0 aromatic heterocycles. The molecule has 0 saturated carbocycles. The first-order chi connectivity index (χ1) is 12.8. The van der Waals surface area contributed by atoms with Crippen LogP contribution in [-0.2, 0) is 9.53 Å². The van der Waals surface area contributed by atoms with E-state index in [1.807, 2.05) is 0 Å². The van der Waals surface area contributed by atoms with Crippen LogP contribution in [0.2, 0.25) is 0 Å². The van der Waals surface area contributed by atoms with Crippen LogP contribution >= 0.6 is 0 Å². The molecule has 1 aliphatic heterocycles. The smallest absolute Gasteiger partial charge is 0.417 e. The maximum Gasteiger partial charge on any atom is 0.417 e. The summed E-state index contributed by atoms with van der Waals surface area (Å²) in [5.41, 5.74) is -0.675. The number of hydrogen-bond acceptors (Lipinski definition) is 4. The Morgan fingerprint density at radius 3 is 2.11 bits per heavy atom. The summed E-state index contributed by atoms with van der Waals surface area (Å²) in [5.74, 6) is -0.420. The number of ether oxygens (including phenoxy) is 1. The third-order valence-electron chi connectivity index (χ3n) is 4.81. The standard InChI is InChI=1S/C22H39NO4/c1-5-6-7-8-9-10-11-12-13-14-15-19(24)18-16-17-20(25)23(18)21(26)27-22(2,3)4/h16-19,24H,5-15H2,1-4H3/t18-,19-/m0/s1. The van der Waals surface area contributed by atoms with Crippen LogP contribution in [0, 0.1) is 0 Å². The monoisotopic (exact) mass is 381 g/mol. The SMILES string of the molecule is CCCCCCCCCCCC[C@H](O)[C@@H]1C=CC(=O)N1C(=O)OC(C)(C)C. The largest absolute Gasteiger partial charge is 0.443 e. The summed E-state index contributed by atoms with van der Waals surface area (Å²) in [6.07, 6.45) is 14.4. The van der Waals surface area contributed by atoms with Crippen LogP contribution < -0.4 is 0 Å². The van der Waals surface area contributed by atoms with Crippen molar-refractivity contribution in [3.05, 3.63) is 12.2 Å². The van der Waals surface area contributed by atoms with Crippen LogP contribution in [0.3, 0.4) is 0 Å². The zero-order chi connectivity index (χ0) is 20.3. The molecule has 0 unspecified atom stereocenters. The number of amides is 2. The lowest BCUT2D eigenvalue weighted by atomic mass is 10.0. The summed E-state index contributed by atoms with van der Waals surface area (Å²) < 4.78 is 5.29. The molecule has 0 fully saturated rings. The Morgan fingerprint density at radius 2 is 1.59 bits per heavy atom. The molecule has 0 spiro atoms. The number of carbonyl (C=O) groups excluding carboxylic acids is 2. The lowest BCUT2D eigenvalue weighted by Crippen LogP contribution is -2.47. The van der Waals surface area contributed by atoms with Crippen LogP contribution in [0.4, 0.5) is 4.79 Å². The fourth-order valence-corrected chi connectivity index (χ4v) is 3.33. The van der Waals surface area contributed by atoms with Gasteiger partial charge >= 0.3 is 6.09 Å². The topological polar surface area (TPSA) is 66.8 Å². The van der Waals surface area contributed by atoms with Gasteiger partial charge in [-0.1, -0.05) is 77.2 Å². The van der Waals surface area contributed by atoms with Gasteiger partial charge in [-0.25, -0.2) is 9.69 Å². The van der Waals surface area contributed by atoms with E-state index in [4.69, 9.17) is 4.74 Å². The summed E-state index contributed by atoms with van der Waals surface area (Å²) in [6.45, 7) is 7.51. The summed E-state index contributed by atoms with van der Waals surface area (Å²) >= 11 is 0. The van der Waals surface area contributed by atoms with Gasteiger partial charge in [0.15, 0.2) is 0 Å². The highest BCUT2D eigenvalue weighted by Crippen LogP contribution is 2.22. The van der Waals surface area contributed by atoms with E-state index in [0.29, 0.717) is 6.42 Å². The predicted octanol–water partition coefficient (Wildman–Crippen LogP) is 5.36. The molecule has 5 heteroatoms. The van der Waals surface area contributed by atoms with Crippen molar-refractivity contribution in [3.63, 3.8) is 0 Å². The van der Waals surface area contributed by atoms with E-state index in [2.05, 4.69) is 6.92 Å². The molecule has 0 aliphatic carbocycles. The average Bonchev–Trinajstić information content (AvgIpc) is 2.96. The van der Waals surface area contributed by atoms with Gasteiger partial charge in [0.2, 0.25) is 0 Å². The van der Waals surface area contributed by atoms with Gasteiger partial charge in [-0.05, 0) is 27.2 Å². The third kappa shape index (κ3) is 9.41. The summed E-state index contributed by atoms with van der Waals surface area (Å²) in [4.78, 5) is 25.3. The average molecular weight is 382 g/mol. The van der Waals surface area contributed by atoms with E-state index in [1.54, 1.807) is 26.8 Å². The van der Waals surface area contributed by atoms with E-state index in [-0.39, 0.29) is 0 Å². The number of imide groups is 1. The highest BCUT2D eigenvalue weighted by atomic mass is 16.6. The Balaban J connectivity index is 2.25. The van der Waals surface area contributed by atoms with E-state index in [1.165, 1.54) is 57.4 Å². The molecule has 1 rings (SSSR count). The van der Waals surface area contributed by atoms with Crippen LogP contribution in [0.25, 0.3) is 0 Å². The molecule has 2 atom stereocenters. The fraction of sp³-hybridized carbons (Fsp3) is 0.818. The summed E-state index contributed by atoms with van der Waals surface area (Å²) in [7, 11) is 0. The molecule has 0 radical (unpaired) electrons. The van der Waals surface area contributed by atoms with Crippen molar-refractivity contribution in [2.45, 2.75) is 116 Å². The molecule has 1 heterocycles. The second kappa shape index (κ2) is 12.2. The molecular weight excluding hydrogens is 342 g/mol. The van der Waals surface area contributed by atoms with Gasteiger partial charge in [0.05, 0.1) is 12.1 Å². The normalized spacial score (nSPS) is 18.2. The molecule has 27 heavy (non-hydrogen) atoms. The van der Waals surface area contributed by atoms with Crippen LogP contribution in [0.5, 0.6) is 0 Å². The van der Waals surface area contributed by atoms with Gasteiger partial charge in [-0.15, -0.1) is 0 Å². The zero-order valence-corrected chi connectivity index (χ0v) is 17.7. The number of rotatable bonds is 12. The molecule has 5 nitrogen and oxygen atoms in total. The first-order valence-electron chi connectivity index (χ1n) is 10.7. The Hall–Kier alpha value is -1.36. The number of hydrogen-bond donors (Lipinski definition) is 1. The first kappa shape index (κ1) is 23.7. The molecule has 1 aliphatic rings. The van der Waals surface area contributed by atoms with Gasteiger partial charge in [0.25, 0.3) is 5.91 Å². The van der Waals surface area contributed by atoms with Crippen molar-refractivity contribution in [3.8, 4) is 0 Å². The van der Waals surface area contributed by atoms with E-state index >= 15 is 0 Å². The Morgan fingerprint density at radius 1 is 1.07 bits per heavy atom. The van der Waals surface area contributed by atoms with Gasteiger partial charge in [-0.2, -0.15) is 0 Å². The minimum atomic E-state index is -0.741. The lowest BCUT2D eigenvalue weighted by molar-refractivity contribution is -0.127. The van der Waals surface area contributed by atoms with Gasteiger partial charge < -0.3 is 9.84 Å². The predicted molar refractivity (Wildman–Crippen MR) is 108 cm³/mol. The highest BCUT2D eigenvalue weighted by molar-refractivity contribution is 6.01. The molecule has 0 saturated heterocycles. The van der Waals surface area contributed by atoms with Crippen molar-refractivity contribution in [1.82, 2.24) is 4.90 Å². The van der Waals surface area contributed by atoms with Crippen LogP contribution in [0.1, 0.15) is 98.3 Å². The number of aliphatic hydroxyl groups is 1. The summed E-state index contributed by atoms with van der Waals surface area (Å²) in [6, 6.07) is -0.620. The summed E-state index contributed by atoms with van der Waals surface area (Å²) in [5, 5.41) is 10.5. The van der Waals surface area contributed by atoms with Crippen molar-refractivity contribution >= 4 is 12.0 Å². The van der Waals surface area contributed by atoms with Gasteiger partial charge in [0.1, 0.15) is 5.60 Å². The molecule has 156 valence electrons. The van der Waals surface area contributed by atoms with Crippen molar-refractivity contribution < 1.29 is 19.4 Å². The maximum absolute atomic E-state index is 12.3. The van der Waals surface area contributed by atoms with E-state index in [0.717, 1.165) is 17.7 Å². The molecular formula is C22H39NO4. The Labute approximate surface area is 165 Å². The molecule has 0 aromatic carbocycles. The molecule has 0 aromatic rings. The quantitative estimate of drug-likeness (QED) is 0.462. The third-order valence-corrected chi connectivity index (χ3v) is 4.81. The molecule has 0 bridgehead atoms. The first-order valence-corrected chi connectivity index (χ1v) is 10.7. The van der Waals surface area contributed by atoms with Gasteiger partial charge in [-0.3, -0.25) is 4.79 Å². The second-order valence-corrected chi connectivity index (χ2v) is 8.58. The minimum Gasteiger partial charge on any atom is -0.443 e. The Bertz CT molecular complexity index is 481. The van der Waals surface area contributed by atoms with Crippen molar-refractivity contribution in [2.24, 2.45) is 0 Å². The Kier molecular flexibility index (Phi) is 10.7. The molecule has 1 N–H and O–H groups in total. The number of nitrogens with zero attached hydrogens (tertiary/aromatic N) is 1.